The van der Waals surface area contributed by atoms with Crippen LogP contribution in [0, 0.1) is 22.7 Å². The fourth-order valence-electron chi connectivity index (χ4n) is 5.22. The maximum Gasteiger partial charge on any atom is 0.0614 e. The van der Waals surface area contributed by atoms with Gasteiger partial charge in [-0.25, -0.2) is 0 Å². The third-order valence-corrected chi connectivity index (χ3v) is 6.80. The van der Waals surface area contributed by atoms with E-state index in [1.807, 2.05) is 6.08 Å². The van der Waals surface area contributed by atoms with Crippen LogP contribution in [0.15, 0.2) is 23.3 Å². The first-order valence-electron chi connectivity index (χ1n) is 8.84. The summed E-state index contributed by atoms with van der Waals surface area (Å²) in [5.74, 6) is 1.15. The van der Waals surface area contributed by atoms with Crippen LogP contribution in [-0.4, -0.2) is 22.9 Å². The fraction of sp³-hybridized carbons (Fsp3) is 0.800. The van der Waals surface area contributed by atoms with Crippen LogP contribution in [0.3, 0.4) is 0 Å². The zero-order chi connectivity index (χ0) is 16.5. The third-order valence-electron chi connectivity index (χ3n) is 6.80. The van der Waals surface area contributed by atoms with Gasteiger partial charge in [0.05, 0.1) is 12.7 Å². The molecule has 2 heteroatoms. The molecule has 4 unspecified atom stereocenters. The molecule has 2 N–H and O–H groups in total. The smallest absolute Gasteiger partial charge is 0.0614 e. The van der Waals surface area contributed by atoms with Crippen molar-refractivity contribution in [3.8, 4) is 0 Å². The zero-order valence-corrected chi connectivity index (χ0v) is 15.0. The summed E-state index contributed by atoms with van der Waals surface area (Å²) in [5.41, 5.74) is 3.11. The average Bonchev–Trinajstić information content (AvgIpc) is 2.43. The highest BCUT2D eigenvalue weighted by atomic mass is 16.3. The highest BCUT2D eigenvalue weighted by Crippen LogP contribution is 2.60. The summed E-state index contributed by atoms with van der Waals surface area (Å²) >= 11 is 0. The molecule has 0 heterocycles. The van der Waals surface area contributed by atoms with Gasteiger partial charge in [-0.3, -0.25) is 0 Å². The lowest BCUT2D eigenvalue weighted by Crippen LogP contribution is -2.54. The highest BCUT2D eigenvalue weighted by molar-refractivity contribution is 5.19. The number of rotatable bonds is 4. The number of hydrogen-bond acceptors (Lipinski definition) is 2. The molecule has 0 aromatic heterocycles. The monoisotopic (exact) mass is 306 g/mol. The first kappa shape index (κ1) is 17.7. The Morgan fingerprint density at radius 3 is 2.68 bits per heavy atom. The van der Waals surface area contributed by atoms with E-state index in [-0.39, 0.29) is 18.1 Å². The van der Waals surface area contributed by atoms with Gasteiger partial charge in [0, 0.05) is 0 Å². The van der Waals surface area contributed by atoms with Crippen molar-refractivity contribution in [2.24, 2.45) is 22.7 Å². The fourth-order valence-corrected chi connectivity index (χ4v) is 5.22. The van der Waals surface area contributed by atoms with E-state index in [1.165, 1.54) is 11.1 Å². The van der Waals surface area contributed by atoms with Crippen molar-refractivity contribution in [2.75, 3.05) is 6.61 Å². The molecule has 126 valence electrons. The van der Waals surface area contributed by atoms with E-state index in [9.17, 15) is 5.11 Å². The minimum atomic E-state index is -0.172. The van der Waals surface area contributed by atoms with Gasteiger partial charge in [-0.05, 0) is 68.6 Å². The normalized spacial score (nSPS) is 38.4. The second-order valence-electron chi connectivity index (χ2n) is 8.44. The van der Waals surface area contributed by atoms with Crippen LogP contribution < -0.4 is 0 Å². The molecule has 2 rings (SSSR count). The molecule has 22 heavy (non-hydrogen) atoms. The highest BCUT2D eigenvalue weighted by Gasteiger charge is 2.54. The standard InChI is InChI=1S/C20H34O2/c1-14(11-13-21)6-8-16-15(2)7-9-17-19(3,4)18(22)10-12-20(16,17)5/h7,11,16-18,21-22H,6,8-10,12-13H2,1-5H3. The van der Waals surface area contributed by atoms with Crippen molar-refractivity contribution < 1.29 is 10.2 Å². The van der Waals surface area contributed by atoms with Crippen LogP contribution in [0.25, 0.3) is 0 Å². The lowest BCUT2D eigenvalue weighted by Gasteiger charge is -2.58. The summed E-state index contributed by atoms with van der Waals surface area (Å²) in [5, 5.41) is 19.5. The topological polar surface area (TPSA) is 40.5 Å². The molecule has 0 bridgehead atoms. The van der Waals surface area contributed by atoms with Crippen molar-refractivity contribution in [3.05, 3.63) is 23.3 Å². The Morgan fingerprint density at radius 1 is 1.36 bits per heavy atom. The van der Waals surface area contributed by atoms with Crippen LogP contribution in [0.1, 0.15) is 66.7 Å². The molecule has 1 fully saturated rings. The molecule has 0 amide bonds. The van der Waals surface area contributed by atoms with Crippen LogP contribution in [-0.2, 0) is 0 Å². The van der Waals surface area contributed by atoms with Gasteiger partial charge < -0.3 is 10.2 Å². The van der Waals surface area contributed by atoms with Crippen molar-refractivity contribution >= 4 is 0 Å². The first-order chi connectivity index (χ1) is 10.2. The molecular formula is C20H34O2. The molecular weight excluding hydrogens is 272 g/mol. The molecule has 1 saturated carbocycles. The number of hydrogen-bond donors (Lipinski definition) is 2. The molecule has 0 saturated heterocycles. The van der Waals surface area contributed by atoms with Gasteiger partial charge in [0.25, 0.3) is 0 Å². The Labute approximate surface area is 136 Å². The van der Waals surface area contributed by atoms with Crippen molar-refractivity contribution in [1.82, 2.24) is 0 Å². The van der Waals surface area contributed by atoms with E-state index in [0.717, 1.165) is 32.1 Å². The number of fused-ring (bicyclic) bond motifs is 1. The predicted octanol–water partition coefficient (Wildman–Crippen LogP) is 4.47. The van der Waals surface area contributed by atoms with Gasteiger partial charge in [0.1, 0.15) is 0 Å². The zero-order valence-electron chi connectivity index (χ0n) is 15.0. The van der Waals surface area contributed by atoms with Gasteiger partial charge in [-0.15, -0.1) is 0 Å². The maximum atomic E-state index is 10.5. The number of aliphatic hydroxyl groups excluding tert-OH is 2. The minimum Gasteiger partial charge on any atom is -0.393 e. The molecule has 2 nitrogen and oxygen atoms in total. The van der Waals surface area contributed by atoms with Gasteiger partial charge in [-0.1, -0.05) is 44.1 Å². The summed E-state index contributed by atoms with van der Waals surface area (Å²) in [7, 11) is 0. The summed E-state index contributed by atoms with van der Waals surface area (Å²) < 4.78 is 0. The van der Waals surface area contributed by atoms with E-state index in [4.69, 9.17) is 5.11 Å². The average molecular weight is 306 g/mol. The van der Waals surface area contributed by atoms with Gasteiger partial charge in [0.2, 0.25) is 0 Å². The summed E-state index contributed by atoms with van der Waals surface area (Å²) in [6, 6.07) is 0. The predicted molar refractivity (Wildman–Crippen MR) is 92.6 cm³/mol. The van der Waals surface area contributed by atoms with Crippen LogP contribution in [0.4, 0.5) is 0 Å². The first-order valence-corrected chi connectivity index (χ1v) is 8.84. The largest absolute Gasteiger partial charge is 0.393 e. The second-order valence-corrected chi connectivity index (χ2v) is 8.44. The Balaban J connectivity index is 2.24. The van der Waals surface area contributed by atoms with E-state index < -0.39 is 0 Å². The van der Waals surface area contributed by atoms with Crippen LogP contribution in [0.2, 0.25) is 0 Å². The molecule has 0 aromatic rings. The van der Waals surface area contributed by atoms with E-state index in [0.29, 0.717) is 17.3 Å². The van der Waals surface area contributed by atoms with Gasteiger partial charge in [0.15, 0.2) is 0 Å². The minimum absolute atomic E-state index is 0.00156. The Bertz CT molecular complexity index is 460. The summed E-state index contributed by atoms with van der Waals surface area (Å²) in [4.78, 5) is 0. The molecule has 2 aliphatic rings. The van der Waals surface area contributed by atoms with Crippen LogP contribution >= 0.6 is 0 Å². The van der Waals surface area contributed by atoms with E-state index in [2.05, 4.69) is 40.7 Å². The number of allylic oxidation sites excluding steroid dienone is 3. The molecule has 0 aliphatic heterocycles. The maximum absolute atomic E-state index is 10.5. The lowest BCUT2D eigenvalue weighted by atomic mass is 9.47. The van der Waals surface area contributed by atoms with Crippen molar-refractivity contribution in [1.29, 1.82) is 0 Å². The summed E-state index contributed by atoms with van der Waals surface area (Å²) in [6.07, 6.45) is 9.54. The SMILES string of the molecule is CC(=CCO)CCC1C(C)=CCC2C(C)(C)C(O)CCC12C. The Hall–Kier alpha value is -0.600. The lowest BCUT2D eigenvalue weighted by molar-refractivity contribution is -0.115. The van der Waals surface area contributed by atoms with E-state index in [1.54, 1.807) is 0 Å². The van der Waals surface area contributed by atoms with Gasteiger partial charge >= 0.3 is 0 Å². The quantitative estimate of drug-likeness (QED) is 0.752. The van der Waals surface area contributed by atoms with Gasteiger partial charge in [-0.2, -0.15) is 0 Å². The summed E-state index contributed by atoms with van der Waals surface area (Å²) in [6.45, 7) is 11.5. The molecule has 4 atom stereocenters. The molecule has 0 spiro atoms. The second kappa shape index (κ2) is 6.49. The van der Waals surface area contributed by atoms with Crippen LogP contribution in [0.5, 0.6) is 0 Å². The molecule has 0 radical (unpaired) electrons. The number of aliphatic hydroxyl groups is 2. The third kappa shape index (κ3) is 3.05. The van der Waals surface area contributed by atoms with Crippen molar-refractivity contribution in [2.45, 2.75) is 72.8 Å². The van der Waals surface area contributed by atoms with E-state index >= 15 is 0 Å². The molecule has 2 aliphatic carbocycles. The van der Waals surface area contributed by atoms with Crippen molar-refractivity contribution in [3.63, 3.8) is 0 Å². The Morgan fingerprint density at radius 2 is 2.05 bits per heavy atom. The molecule has 0 aromatic carbocycles. The Kier molecular flexibility index (Phi) is 5.23.